The lowest BCUT2D eigenvalue weighted by molar-refractivity contribution is -0.131. The molecule has 0 N–H and O–H groups in total. The minimum Gasteiger partial charge on any atom is -0.466 e. The number of piperazine rings is 1. The molecule has 1 amide bonds. The van der Waals surface area contributed by atoms with Crippen LogP contribution in [0.15, 0.2) is 36.7 Å². The van der Waals surface area contributed by atoms with Gasteiger partial charge in [-0.1, -0.05) is 30.8 Å². The van der Waals surface area contributed by atoms with Crippen molar-refractivity contribution < 1.29 is 18.7 Å². The monoisotopic (exact) mass is 560 g/mol. The Balaban J connectivity index is 1.34. The third-order valence-electron chi connectivity index (χ3n) is 9.21. The molecule has 4 aliphatic rings. The molecule has 0 saturated carbocycles. The van der Waals surface area contributed by atoms with Crippen molar-refractivity contribution in [2.24, 2.45) is 0 Å². The average Bonchev–Trinajstić information content (AvgIpc) is 3.40. The largest absolute Gasteiger partial charge is 0.466 e. The first-order valence-corrected chi connectivity index (χ1v) is 14.7. The zero-order valence-electron chi connectivity index (χ0n) is 23.6. The maximum absolute atomic E-state index is 13.8. The Morgan fingerprint density at radius 3 is 2.83 bits per heavy atom. The average molecular weight is 561 g/mol. The zero-order valence-corrected chi connectivity index (χ0v) is 23.6. The third-order valence-corrected chi connectivity index (χ3v) is 9.21. The Morgan fingerprint density at radius 2 is 2.05 bits per heavy atom. The van der Waals surface area contributed by atoms with Crippen LogP contribution in [-0.4, -0.2) is 77.6 Å². The second kappa shape index (κ2) is 11.3. The molecule has 1 unspecified atom stereocenters. The van der Waals surface area contributed by atoms with E-state index in [1.165, 1.54) is 16.0 Å². The first-order chi connectivity index (χ1) is 19.9. The molecule has 0 bridgehead atoms. The summed E-state index contributed by atoms with van der Waals surface area (Å²) in [6.07, 6.45) is 6.84. The summed E-state index contributed by atoms with van der Waals surface area (Å²) in [6.45, 7) is 5.74. The van der Waals surface area contributed by atoms with Gasteiger partial charge in [-0.15, -0.1) is 0 Å². The summed E-state index contributed by atoms with van der Waals surface area (Å²) in [7, 11) is 2.11. The van der Waals surface area contributed by atoms with E-state index in [0.29, 0.717) is 37.4 Å². The molecule has 10 heteroatoms. The predicted octanol–water partition coefficient (Wildman–Crippen LogP) is 3.92. The van der Waals surface area contributed by atoms with Crippen LogP contribution in [0.4, 0.5) is 10.2 Å². The third kappa shape index (κ3) is 5.23. The molecule has 4 heterocycles. The first-order valence-electron chi connectivity index (χ1n) is 14.7. The second-order valence-corrected chi connectivity index (χ2v) is 11.7. The number of fused-ring (bicyclic) bond motifs is 3. The van der Waals surface area contributed by atoms with Gasteiger partial charge in [0.25, 0.3) is 5.91 Å². The lowest BCUT2D eigenvalue weighted by Gasteiger charge is -2.44. The summed E-state index contributed by atoms with van der Waals surface area (Å²) in [5.41, 5.74) is 3.03. The van der Waals surface area contributed by atoms with Crippen molar-refractivity contribution in [1.82, 2.24) is 19.8 Å². The molecule has 2 aromatic rings. The number of amides is 1. The molecule has 1 spiro atoms. The van der Waals surface area contributed by atoms with Gasteiger partial charge < -0.3 is 24.2 Å². The Morgan fingerprint density at radius 1 is 1.20 bits per heavy atom. The Labute approximate surface area is 240 Å². The number of carbonyl (C=O) groups excluding carboxylic acids is 1. The number of anilines is 1. The highest BCUT2D eigenvalue weighted by atomic mass is 19.1. The number of aromatic nitrogens is 2. The maximum Gasteiger partial charge on any atom is 0.321 e. The minimum absolute atomic E-state index is 0.0799. The zero-order chi connectivity index (χ0) is 28.6. The van der Waals surface area contributed by atoms with Crippen molar-refractivity contribution in [3.63, 3.8) is 0 Å². The van der Waals surface area contributed by atoms with Gasteiger partial charge in [0, 0.05) is 25.7 Å². The van der Waals surface area contributed by atoms with Crippen LogP contribution in [0.25, 0.3) is 0 Å². The smallest absolute Gasteiger partial charge is 0.321 e. The molecular formula is C31H37FN6O3. The molecule has 1 aromatic heterocycles. The molecule has 41 heavy (non-hydrogen) atoms. The molecule has 0 radical (unpaired) electrons. The number of rotatable bonds is 6. The highest BCUT2D eigenvalue weighted by Gasteiger charge is 2.44. The van der Waals surface area contributed by atoms with Crippen LogP contribution in [-0.2, 0) is 23.2 Å². The van der Waals surface area contributed by atoms with Gasteiger partial charge in [-0.05, 0) is 69.7 Å². The van der Waals surface area contributed by atoms with Gasteiger partial charge in [-0.3, -0.25) is 4.79 Å². The molecule has 216 valence electrons. The predicted molar refractivity (Wildman–Crippen MR) is 151 cm³/mol. The fourth-order valence-corrected chi connectivity index (χ4v) is 6.98. The standard InChI is InChI=1S/C31H37FN6O3/c1-21(32)29(39)38-18-17-37(19-23(38)12-15-33)27-25-11-14-31(13-5-8-22-7-3-4-10-26(22)31)41-28(25)35-30(34-27)40-20-24-9-6-16-36(24)2/h3-4,7,10,23-24H,1,5-6,8-9,11-14,16-20H2,2H3/t23-,24-,31?/m0/s1. The number of ether oxygens (including phenoxy) is 2. The van der Waals surface area contributed by atoms with E-state index < -0.39 is 23.4 Å². The van der Waals surface area contributed by atoms with E-state index in [2.05, 4.69) is 53.8 Å². The number of nitrogens with zero attached hydrogens (tertiary/aromatic N) is 6. The summed E-state index contributed by atoms with van der Waals surface area (Å²) < 4.78 is 26.9. The van der Waals surface area contributed by atoms with Crippen LogP contribution in [0.5, 0.6) is 11.9 Å². The minimum atomic E-state index is -1.01. The number of aryl methyl sites for hydroxylation is 1. The summed E-state index contributed by atoms with van der Waals surface area (Å²) in [5.74, 6) is -0.529. The van der Waals surface area contributed by atoms with E-state index in [1.54, 1.807) is 0 Å². The van der Waals surface area contributed by atoms with E-state index in [1.807, 2.05) is 0 Å². The van der Waals surface area contributed by atoms with E-state index in [-0.39, 0.29) is 19.0 Å². The molecule has 6 rings (SSSR count). The number of hydrogen-bond donors (Lipinski definition) is 0. The topological polar surface area (TPSA) is 94.8 Å². The molecule has 3 aliphatic heterocycles. The quantitative estimate of drug-likeness (QED) is 0.491. The highest BCUT2D eigenvalue weighted by molar-refractivity contribution is 5.91. The van der Waals surface area contributed by atoms with Crippen LogP contribution >= 0.6 is 0 Å². The second-order valence-electron chi connectivity index (χ2n) is 11.7. The summed E-state index contributed by atoms with van der Waals surface area (Å²) in [6, 6.07) is 10.8. The van der Waals surface area contributed by atoms with E-state index >= 15 is 0 Å². The molecular weight excluding hydrogens is 523 g/mol. The summed E-state index contributed by atoms with van der Waals surface area (Å²) >= 11 is 0. The van der Waals surface area contributed by atoms with Crippen LogP contribution < -0.4 is 14.4 Å². The van der Waals surface area contributed by atoms with Crippen LogP contribution in [0.3, 0.4) is 0 Å². The van der Waals surface area contributed by atoms with Gasteiger partial charge in [0.15, 0.2) is 5.83 Å². The van der Waals surface area contributed by atoms with Crippen molar-refractivity contribution in [3.8, 4) is 18.0 Å². The number of benzene rings is 1. The van der Waals surface area contributed by atoms with Crippen molar-refractivity contribution in [3.05, 3.63) is 53.4 Å². The fraction of sp³-hybridized carbons (Fsp3) is 0.548. The Kier molecular flexibility index (Phi) is 7.56. The molecule has 1 aliphatic carbocycles. The van der Waals surface area contributed by atoms with Gasteiger partial charge in [0.05, 0.1) is 24.1 Å². The lowest BCUT2D eigenvalue weighted by Crippen LogP contribution is -2.55. The normalized spacial score (nSPS) is 25.7. The SMILES string of the molecule is C=C(F)C(=O)N1CCN(c2nc(OC[C@@H]3CCCN3C)nc3c2CCC2(CCCc4ccccc42)O3)C[C@@H]1CC#N. The Hall–Kier alpha value is -3.71. The Bertz CT molecular complexity index is 1380. The van der Waals surface area contributed by atoms with Crippen LogP contribution in [0.2, 0.25) is 0 Å². The van der Waals surface area contributed by atoms with E-state index in [0.717, 1.165) is 57.1 Å². The molecule has 1 aromatic carbocycles. The van der Waals surface area contributed by atoms with Crippen molar-refractivity contribution in [2.75, 3.05) is 44.7 Å². The van der Waals surface area contributed by atoms with Crippen LogP contribution in [0.1, 0.15) is 55.2 Å². The fourth-order valence-electron chi connectivity index (χ4n) is 6.98. The number of hydrogen-bond acceptors (Lipinski definition) is 8. The van der Waals surface area contributed by atoms with Crippen LogP contribution in [0, 0.1) is 11.3 Å². The molecule has 2 fully saturated rings. The van der Waals surface area contributed by atoms with E-state index in [9.17, 15) is 14.4 Å². The van der Waals surface area contributed by atoms with Gasteiger partial charge in [0.2, 0.25) is 5.88 Å². The molecule has 3 atom stereocenters. The number of nitriles is 1. The van der Waals surface area contributed by atoms with Crippen molar-refractivity contribution in [2.45, 2.75) is 69.1 Å². The molecule has 9 nitrogen and oxygen atoms in total. The lowest BCUT2D eigenvalue weighted by atomic mass is 9.75. The number of likely N-dealkylation sites (tertiary alicyclic amines) is 1. The van der Waals surface area contributed by atoms with E-state index in [4.69, 9.17) is 19.4 Å². The van der Waals surface area contributed by atoms with Gasteiger partial charge >= 0.3 is 6.01 Å². The molecule has 2 saturated heterocycles. The maximum atomic E-state index is 13.8. The van der Waals surface area contributed by atoms with Gasteiger partial charge in [-0.2, -0.15) is 15.2 Å². The number of carbonyl (C=O) groups is 1. The first kappa shape index (κ1) is 27.5. The van der Waals surface area contributed by atoms with Crippen molar-refractivity contribution in [1.29, 1.82) is 5.26 Å². The summed E-state index contributed by atoms with van der Waals surface area (Å²) in [5, 5.41) is 9.47. The highest BCUT2D eigenvalue weighted by Crippen LogP contribution is 2.48. The van der Waals surface area contributed by atoms with Gasteiger partial charge in [-0.25, -0.2) is 4.39 Å². The van der Waals surface area contributed by atoms with Crippen molar-refractivity contribution >= 4 is 11.7 Å². The number of halogens is 1. The van der Waals surface area contributed by atoms with Gasteiger partial charge in [0.1, 0.15) is 18.0 Å². The summed E-state index contributed by atoms with van der Waals surface area (Å²) in [4.78, 5) is 28.0. The number of likely N-dealkylation sites (N-methyl/N-ethyl adjacent to an activating group) is 1.